The number of nitrogens with zero attached hydrogens (tertiary/aromatic N) is 1. The predicted molar refractivity (Wildman–Crippen MR) is 124 cm³/mol. The number of carbonyl (C=O) groups excluding carboxylic acids is 1. The van der Waals surface area contributed by atoms with Crippen molar-refractivity contribution in [2.24, 2.45) is 0 Å². The van der Waals surface area contributed by atoms with E-state index in [1.165, 1.54) is 23.1 Å². The first kappa shape index (κ1) is 25.0. The molecule has 1 saturated heterocycles. The molecule has 176 valence electrons. The number of likely N-dealkylation sites (tertiary alicyclic amines) is 1. The number of benzene rings is 1. The average molecular weight is 565 g/mol. The van der Waals surface area contributed by atoms with Crippen LogP contribution < -0.4 is 10.6 Å². The first-order chi connectivity index (χ1) is 15.2. The number of alkyl halides is 1. The average Bonchev–Trinajstić information content (AvgIpc) is 2.73. The molecule has 1 fully saturated rings. The Morgan fingerprint density at radius 3 is 2.78 bits per heavy atom. The van der Waals surface area contributed by atoms with Crippen LogP contribution in [0.4, 0.5) is 18.9 Å². The highest BCUT2D eigenvalue weighted by Gasteiger charge is 2.46. The van der Waals surface area contributed by atoms with Crippen LogP contribution in [-0.4, -0.2) is 73.1 Å². The summed E-state index contributed by atoms with van der Waals surface area (Å²) in [5.74, 6) is -2.19. The topological polar surface area (TPSA) is 73.8 Å². The summed E-state index contributed by atoms with van der Waals surface area (Å²) in [4.78, 5) is 14.3. The first-order valence-corrected chi connectivity index (χ1v) is 11.5. The van der Waals surface area contributed by atoms with Crippen molar-refractivity contribution in [3.63, 3.8) is 0 Å². The maximum absolute atomic E-state index is 14.7. The van der Waals surface area contributed by atoms with Crippen LogP contribution in [0.2, 0.25) is 0 Å². The van der Waals surface area contributed by atoms with Gasteiger partial charge in [-0.25, -0.2) is 13.2 Å². The Bertz CT molecular complexity index is 890. The van der Waals surface area contributed by atoms with E-state index in [-0.39, 0.29) is 24.4 Å². The van der Waals surface area contributed by atoms with Gasteiger partial charge in [0, 0.05) is 28.9 Å². The number of β-amino-alcohol motifs (C(OH)–C–C–N with tert-alkyl or cyclic N) is 1. The van der Waals surface area contributed by atoms with Gasteiger partial charge in [-0.2, -0.15) is 0 Å². The molecule has 1 heterocycles. The summed E-state index contributed by atoms with van der Waals surface area (Å²) in [5.41, 5.74) is -1.14. The number of aliphatic hydroxyl groups is 1. The molecule has 2 aliphatic rings. The molecule has 3 N–H and O–H groups in total. The number of allylic oxidation sites excluding steroid dienone is 2. The summed E-state index contributed by atoms with van der Waals surface area (Å²) in [7, 11) is 0. The highest BCUT2D eigenvalue weighted by atomic mass is 127. The van der Waals surface area contributed by atoms with Crippen molar-refractivity contribution in [1.82, 2.24) is 10.2 Å². The van der Waals surface area contributed by atoms with Gasteiger partial charge in [-0.1, -0.05) is 0 Å². The van der Waals surface area contributed by atoms with Crippen molar-refractivity contribution < 1.29 is 27.8 Å². The fourth-order valence-electron chi connectivity index (χ4n) is 3.68. The molecule has 6 nitrogen and oxygen atoms in total. The Morgan fingerprint density at radius 1 is 1.34 bits per heavy atom. The molecule has 1 aromatic carbocycles. The van der Waals surface area contributed by atoms with E-state index in [4.69, 9.17) is 4.74 Å². The lowest BCUT2D eigenvalue weighted by Gasteiger charge is -2.47. The molecular weight excluding hydrogens is 538 g/mol. The maximum Gasteiger partial charge on any atom is 0.252 e. The number of anilines is 1. The van der Waals surface area contributed by atoms with Gasteiger partial charge in [-0.3, -0.25) is 4.79 Å². The quantitative estimate of drug-likeness (QED) is 0.301. The lowest BCUT2D eigenvalue weighted by atomic mass is 9.89. The van der Waals surface area contributed by atoms with E-state index in [0.717, 1.165) is 12.5 Å². The van der Waals surface area contributed by atoms with Crippen molar-refractivity contribution in [2.45, 2.75) is 31.2 Å². The Hall–Kier alpha value is -1.63. The molecule has 0 saturated carbocycles. The Balaban J connectivity index is 1.60. The van der Waals surface area contributed by atoms with Gasteiger partial charge >= 0.3 is 0 Å². The Kier molecular flexibility index (Phi) is 8.59. The van der Waals surface area contributed by atoms with Gasteiger partial charge in [-0.05, 0) is 72.8 Å². The molecule has 0 aromatic heterocycles. The number of rotatable bonds is 10. The smallest absolute Gasteiger partial charge is 0.252 e. The SMILES string of the molecule is CCOCCCNCC1(O)CN(C(=O)C2=CC=C(F)C(F)C2Nc2ccc(I)cc2F)C1. The fourth-order valence-corrected chi connectivity index (χ4v) is 4.13. The summed E-state index contributed by atoms with van der Waals surface area (Å²) in [6.07, 6.45) is 0.786. The molecule has 1 amide bonds. The lowest BCUT2D eigenvalue weighted by molar-refractivity contribution is -0.150. The molecule has 1 aliphatic heterocycles. The standard InChI is InChI=1S/C22H27F3IN3O3/c1-2-32-9-3-8-27-11-22(31)12-29(13-22)21(30)15-5-6-16(23)19(25)20(15)28-18-7-4-14(26)10-17(18)24/h4-7,10,19-20,27-28,31H,2-3,8-9,11-13H2,1H3. The molecule has 32 heavy (non-hydrogen) atoms. The largest absolute Gasteiger partial charge is 0.385 e. The minimum absolute atomic E-state index is 0.0245. The molecule has 10 heteroatoms. The third-order valence-electron chi connectivity index (χ3n) is 5.36. The second-order valence-electron chi connectivity index (χ2n) is 7.93. The third kappa shape index (κ3) is 6.03. The molecular formula is C22H27F3IN3O3. The van der Waals surface area contributed by atoms with Crippen LogP contribution in [-0.2, 0) is 9.53 Å². The summed E-state index contributed by atoms with van der Waals surface area (Å²) in [6.45, 7) is 4.31. The van der Waals surface area contributed by atoms with Gasteiger partial charge in [0.1, 0.15) is 17.2 Å². The maximum atomic E-state index is 14.7. The molecule has 0 bridgehead atoms. The number of carbonyl (C=O) groups is 1. The van der Waals surface area contributed by atoms with Crippen LogP contribution in [0.5, 0.6) is 0 Å². The van der Waals surface area contributed by atoms with E-state index in [2.05, 4.69) is 10.6 Å². The molecule has 2 unspecified atom stereocenters. The number of nitrogens with one attached hydrogen (secondary N) is 2. The van der Waals surface area contributed by atoms with Crippen LogP contribution in [0, 0.1) is 9.39 Å². The molecule has 2 atom stereocenters. The zero-order chi connectivity index (χ0) is 23.3. The minimum atomic E-state index is -2.13. The van der Waals surface area contributed by atoms with Gasteiger partial charge in [0.25, 0.3) is 5.91 Å². The van der Waals surface area contributed by atoms with E-state index in [0.29, 0.717) is 29.9 Å². The normalized spacial score (nSPS) is 22.1. The molecule has 0 spiro atoms. The first-order valence-electron chi connectivity index (χ1n) is 10.5. The van der Waals surface area contributed by atoms with E-state index in [1.54, 1.807) is 6.07 Å². The summed E-state index contributed by atoms with van der Waals surface area (Å²) < 4.78 is 48.7. The van der Waals surface area contributed by atoms with Crippen LogP contribution in [0.15, 0.2) is 41.8 Å². The second-order valence-corrected chi connectivity index (χ2v) is 9.18. The number of hydrogen-bond acceptors (Lipinski definition) is 5. The number of amides is 1. The van der Waals surface area contributed by atoms with Gasteiger partial charge in [0.15, 0.2) is 6.17 Å². The van der Waals surface area contributed by atoms with E-state index in [1.807, 2.05) is 29.5 Å². The minimum Gasteiger partial charge on any atom is -0.385 e. The van der Waals surface area contributed by atoms with Crippen LogP contribution in [0.3, 0.4) is 0 Å². The second kappa shape index (κ2) is 11.0. The molecule has 3 rings (SSSR count). The summed E-state index contributed by atoms with van der Waals surface area (Å²) in [5, 5.41) is 16.3. The van der Waals surface area contributed by atoms with E-state index >= 15 is 0 Å². The van der Waals surface area contributed by atoms with Crippen molar-refractivity contribution in [1.29, 1.82) is 0 Å². The van der Waals surface area contributed by atoms with Gasteiger partial charge < -0.3 is 25.4 Å². The molecule has 0 radical (unpaired) electrons. The van der Waals surface area contributed by atoms with E-state index in [9.17, 15) is 23.1 Å². The van der Waals surface area contributed by atoms with Crippen molar-refractivity contribution in [3.05, 3.63) is 51.1 Å². The zero-order valence-electron chi connectivity index (χ0n) is 17.7. The number of halogens is 4. The Labute approximate surface area is 199 Å². The highest BCUT2D eigenvalue weighted by Crippen LogP contribution is 2.31. The predicted octanol–water partition coefficient (Wildman–Crippen LogP) is 2.93. The van der Waals surface area contributed by atoms with Crippen LogP contribution >= 0.6 is 22.6 Å². The van der Waals surface area contributed by atoms with Crippen molar-refractivity contribution >= 4 is 34.2 Å². The Morgan fingerprint density at radius 2 is 2.09 bits per heavy atom. The van der Waals surface area contributed by atoms with Gasteiger partial charge in [0.05, 0.1) is 24.8 Å². The third-order valence-corrected chi connectivity index (χ3v) is 6.03. The van der Waals surface area contributed by atoms with Gasteiger partial charge in [0.2, 0.25) is 0 Å². The summed E-state index contributed by atoms with van der Waals surface area (Å²) in [6, 6.07) is 2.92. The monoisotopic (exact) mass is 565 g/mol. The molecule has 1 aromatic rings. The number of hydrogen-bond donors (Lipinski definition) is 3. The van der Waals surface area contributed by atoms with Gasteiger partial charge in [-0.15, -0.1) is 0 Å². The lowest BCUT2D eigenvalue weighted by Crippen LogP contribution is -2.68. The van der Waals surface area contributed by atoms with Crippen molar-refractivity contribution in [3.8, 4) is 0 Å². The molecule has 1 aliphatic carbocycles. The fraction of sp³-hybridized carbons (Fsp3) is 0.500. The van der Waals surface area contributed by atoms with Crippen LogP contribution in [0.1, 0.15) is 13.3 Å². The van der Waals surface area contributed by atoms with E-state index < -0.39 is 35.4 Å². The van der Waals surface area contributed by atoms with Crippen LogP contribution in [0.25, 0.3) is 0 Å². The number of ether oxygens (including phenoxy) is 1. The van der Waals surface area contributed by atoms with Crippen molar-refractivity contribution in [2.75, 3.05) is 44.7 Å². The highest BCUT2D eigenvalue weighted by molar-refractivity contribution is 14.1. The zero-order valence-corrected chi connectivity index (χ0v) is 19.9. The summed E-state index contributed by atoms with van der Waals surface area (Å²) >= 11 is 1.94.